The van der Waals surface area contributed by atoms with Crippen molar-refractivity contribution in [3.63, 3.8) is 0 Å². The average molecular weight is 210 g/mol. The van der Waals surface area contributed by atoms with Crippen LogP contribution in [0.3, 0.4) is 0 Å². The predicted molar refractivity (Wildman–Crippen MR) is 51.1 cm³/mol. The van der Waals surface area contributed by atoms with Gasteiger partial charge in [0.15, 0.2) is 0 Å². The molecule has 0 bridgehead atoms. The lowest BCUT2D eigenvalue weighted by Crippen LogP contribution is -2.52. The number of aliphatic hydroxyl groups excluding tert-OH is 1. The number of rotatable bonds is 1. The third-order valence-electron chi connectivity index (χ3n) is 2.99. The van der Waals surface area contributed by atoms with E-state index >= 15 is 0 Å². The Bertz CT molecular complexity index is 362. The highest BCUT2D eigenvalue weighted by Gasteiger charge is 2.58. The Balaban J connectivity index is 2.47. The van der Waals surface area contributed by atoms with Crippen LogP contribution in [0, 0.1) is 12.5 Å². The van der Waals surface area contributed by atoms with Crippen molar-refractivity contribution in [2.75, 3.05) is 0 Å². The number of allylic oxidation sites excluding steroid dienone is 2. The lowest BCUT2D eigenvalue weighted by molar-refractivity contribution is -0.180. The third kappa shape index (κ3) is 1.13. The Morgan fingerprint density at radius 2 is 2.20 bits per heavy atom. The molecule has 0 spiro atoms. The van der Waals surface area contributed by atoms with E-state index in [2.05, 4.69) is 0 Å². The lowest BCUT2D eigenvalue weighted by atomic mass is 9.96. The molecule has 5 nitrogen and oxygen atoms in total. The highest BCUT2D eigenvalue weighted by Crippen LogP contribution is 2.42. The number of hydrogen-bond acceptors (Lipinski definition) is 4. The Labute approximate surface area is 86.9 Å². The predicted octanol–water partition coefficient (Wildman–Crippen LogP) is -0.312. The minimum absolute atomic E-state index is 0.412. The van der Waals surface area contributed by atoms with E-state index in [1.54, 1.807) is 18.2 Å². The summed E-state index contributed by atoms with van der Waals surface area (Å²) < 4.78 is 0. The van der Waals surface area contributed by atoms with Crippen molar-refractivity contribution in [3.8, 4) is 0 Å². The number of hydrogen-bond donors (Lipinski definition) is 3. The lowest BCUT2D eigenvalue weighted by Gasteiger charge is -2.33. The molecule has 1 fully saturated rings. The van der Waals surface area contributed by atoms with Crippen LogP contribution in [0.5, 0.6) is 0 Å². The maximum absolute atomic E-state index is 11.1. The molecule has 0 amide bonds. The van der Waals surface area contributed by atoms with Crippen LogP contribution in [-0.2, 0) is 4.79 Å². The smallest absolute Gasteiger partial charge is 0.357 e. The third-order valence-corrected chi connectivity index (χ3v) is 2.99. The van der Waals surface area contributed by atoms with E-state index in [1.807, 2.05) is 0 Å². The van der Waals surface area contributed by atoms with Crippen molar-refractivity contribution in [1.82, 2.24) is 4.90 Å². The molecule has 15 heavy (non-hydrogen) atoms. The van der Waals surface area contributed by atoms with E-state index in [9.17, 15) is 15.0 Å². The number of carbonyl (C=O) groups is 1. The molecule has 0 aromatic rings. The van der Waals surface area contributed by atoms with Crippen LogP contribution in [0.2, 0.25) is 0 Å². The summed E-state index contributed by atoms with van der Waals surface area (Å²) in [5.74, 6) is -2.14. The molecule has 2 aliphatic rings. The van der Waals surface area contributed by atoms with Gasteiger partial charge in [0, 0.05) is 11.6 Å². The number of aliphatic carboxylic acids is 1. The number of carboxylic acids is 1. The largest absolute Gasteiger partial charge is 0.478 e. The Kier molecular flexibility index (Phi) is 2.09. The summed E-state index contributed by atoms with van der Waals surface area (Å²) in [5.41, 5.74) is -1.65. The fourth-order valence-electron chi connectivity index (χ4n) is 2.00. The van der Waals surface area contributed by atoms with Gasteiger partial charge in [0.05, 0.1) is 6.54 Å². The molecule has 0 saturated carbocycles. The minimum atomic E-state index is -2.06. The monoisotopic (exact) mass is 210 g/mol. The summed E-state index contributed by atoms with van der Waals surface area (Å²) in [4.78, 5) is 12.3. The maximum atomic E-state index is 11.1. The molecular weight excluding hydrogens is 198 g/mol. The number of fused-ring (bicyclic) bond motifs is 1. The van der Waals surface area contributed by atoms with Crippen LogP contribution in [0.15, 0.2) is 23.9 Å². The highest BCUT2D eigenvalue weighted by molar-refractivity contribution is 5.79. The summed E-state index contributed by atoms with van der Waals surface area (Å²) in [6.07, 6.45) is 3.94. The first-order valence-electron chi connectivity index (χ1n) is 4.64. The van der Waals surface area contributed by atoms with Crippen molar-refractivity contribution in [3.05, 3.63) is 30.5 Å². The van der Waals surface area contributed by atoms with E-state index in [0.29, 0.717) is 5.70 Å². The van der Waals surface area contributed by atoms with Crippen LogP contribution >= 0.6 is 0 Å². The van der Waals surface area contributed by atoms with Gasteiger partial charge in [-0.05, 0) is 6.08 Å². The molecule has 1 unspecified atom stereocenters. The first kappa shape index (κ1) is 10.2. The molecule has 81 valence electrons. The van der Waals surface area contributed by atoms with Gasteiger partial charge in [-0.2, -0.15) is 0 Å². The highest BCUT2D eigenvalue weighted by atomic mass is 16.4. The summed E-state index contributed by atoms with van der Waals surface area (Å²) in [6.45, 7) is 2.96. The summed E-state index contributed by atoms with van der Waals surface area (Å²) in [7, 11) is 0. The standard InChI is InChI=1S/C10H12NO4/c1-6-8(12)7-4-2-3-5-11(7)10(6,15)9(13)14/h2-6,8,12,15H,1H3,(H,13,14)/t6-,8+,10?/m0/s1. The van der Waals surface area contributed by atoms with E-state index in [1.165, 1.54) is 18.4 Å². The van der Waals surface area contributed by atoms with E-state index < -0.39 is 23.7 Å². The van der Waals surface area contributed by atoms with Crippen molar-refractivity contribution in [2.45, 2.75) is 18.8 Å². The normalized spacial score (nSPS) is 38.9. The molecule has 2 aliphatic heterocycles. The first-order chi connectivity index (χ1) is 6.99. The number of aliphatic hydroxyl groups is 2. The topological polar surface area (TPSA) is 81.0 Å². The second kappa shape index (κ2) is 3.08. The van der Waals surface area contributed by atoms with Gasteiger partial charge in [0.2, 0.25) is 5.72 Å². The van der Waals surface area contributed by atoms with Crippen molar-refractivity contribution >= 4 is 5.97 Å². The van der Waals surface area contributed by atoms with Crippen LogP contribution in [0.4, 0.5) is 0 Å². The molecule has 2 rings (SSSR count). The molecule has 0 aliphatic carbocycles. The Hall–Kier alpha value is -1.33. The zero-order valence-corrected chi connectivity index (χ0v) is 8.16. The van der Waals surface area contributed by atoms with Crippen molar-refractivity contribution in [2.24, 2.45) is 5.92 Å². The SMILES string of the molecule is C[C@H]1[C@@H](O)C2=CC=C[CH]N2C1(O)C(=O)O. The quantitative estimate of drug-likeness (QED) is 0.553. The molecular formula is C10H12NO4. The number of nitrogens with zero attached hydrogens (tertiary/aromatic N) is 1. The van der Waals surface area contributed by atoms with Gasteiger partial charge in [0.1, 0.15) is 6.10 Å². The molecule has 0 aromatic heterocycles. The van der Waals surface area contributed by atoms with Crippen LogP contribution in [-0.4, -0.2) is 38.0 Å². The Morgan fingerprint density at radius 1 is 1.53 bits per heavy atom. The van der Waals surface area contributed by atoms with Gasteiger partial charge in [-0.3, -0.25) is 0 Å². The van der Waals surface area contributed by atoms with Gasteiger partial charge in [0.25, 0.3) is 0 Å². The van der Waals surface area contributed by atoms with Gasteiger partial charge in [-0.25, -0.2) is 4.79 Å². The van der Waals surface area contributed by atoms with Gasteiger partial charge < -0.3 is 20.2 Å². The van der Waals surface area contributed by atoms with Crippen molar-refractivity contribution in [1.29, 1.82) is 0 Å². The van der Waals surface area contributed by atoms with Crippen LogP contribution in [0.25, 0.3) is 0 Å². The molecule has 3 N–H and O–H groups in total. The number of carboxylic acid groups (broad SMARTS) is 1. The van der Waals surface area contributed by atoms with Gasteiger partial charge in [-0.1, -0.05) is 19.1 Å². The molecule has 1 radical (unpaired) electrons. The van der Waals surface area contributed by atoms with Gasteiger partial charge in [-0.15, -0.1) is 0 Å². The van der Waals surface area contributed by atoms with E-state index in [4.69, 9.17) is 5.11 Å². The zero-order chi connectivity index (χ0) is 11.2. The Morgan fingerprint density at radius 3 is 2.80 bits per heavy atom. The molecule has 1 saturated heterocycles. The van der Waals surface area contributed by atoms with E-state index in [0.717, 1.165) is 0 Å². The molecule has 5 heteroatoms. The second-order valence-corrected chi connectivity index (χ2v) is 3.76. The minimum Gasteiger partial charge on any atom is -0.478 e. The summed E-state index contributed by atoms with van der Waals surface area (Å²) in [5, 5.41) is 28.9. The van der Waals surface area contributed by atoms with E-state index in [-0.39, 0.29) is 0 Å². The van der Waals surface area contributed by atoms with Crippen LogP contribution in [0.1, 0.15) is 6.92 Å². The second-order valence-electron chi connectivity index (χ2n) is 3.76. The van der Waals surface area contributed by atoms with Crippen molar-refractivity contribution < 1.29 is 20.1 Å². The summed E-state index contributed by atoms with van der Waals surface area (Å²) in [6, 6.07) is 0. The first-order valence-corrected chi connectivity index (χ1v) is 4.64. The summed E-state index contributed by atoms with van der Waals surface area (Å²) >= 11 is 0. The molecule has 3 atom stereocenters. The maximum Gasteiger partial charge on any atom is 0.357 e. The van der Waals surface area contributed by atoms with Crippen LogP contribution < -0.4 is 0 Å². The average Bonchev–Trinajstić information content (AvgIpc) is 2.43. The molecule has 2 heterocycles. The zero-order valence-electron chi connectivity index (χ0n) is 8.16. The van der Waals surface area contributed by atoms with Gasteiger partial charge >= 0.3 is 5.97 Å². The fourth-order valence-corrected chi connectivity index (χ4v) is 2.00. The molecule has 0 aromatic carbocycles. The fraction of sp³-hybridized carbons (Fsp3) is 0.400.